The maximum atomic E-state index is 13.4. The molecule has 0 fully saturated rings. The van der Waals surface area contributed by atoms with Gasteiger partial charge in [-0.1, -0.05) is 30.0 Å². The summed E-state index contributed by atoms with van der Waals surface area (Å²) in [6, 6.07) is 12.2. The van der Waals surface area contributed by atoms with Crippen molar-refractivity contribution in [2.75, 3.05) is 7.11 Å². The maximum absolute atomic E-state index is 13.4. The van der Waals surface area contributed by atoms with Gasteiger partial charge in [-0.05, 0) is 36.8 Å². The number of rotatable bonds is 5. The first-order valence-corrected chi connectivity index (χ1v) is 8.00. The number of ether oxygens (including phenoxy) is 1. The lowest BCUT2D eigenvalue weighted by atomic mass is 10.1. The summed E-state index contributed by atoms with van der Waals surface area (Å²) in [5, 5.41) is 8.55. The Balaban J connectivity index is 1.76. The summed E-state index contributed by atoms with van der Waals surface area (Å²) < 4.78 is 24.3. The molecule has 0 radical (unpaired) electrons. The van der Waals surface area contributed by atoms with Gasteiger partial charge in [0, 0.05) is 16.9 Å². The van der Waals surface area contributed by atoms with Crippen molar-refractivity contribution in [1.82, 2.24) is 10.2 Å². The molecule has 0 N–H and O–H groups in total. The number of nitrogens with zero attached hydrogens (tertiary/aromatic N) is 2. The van der Waals surface area contributed by atoms with Crippen LogP contribution >= 0.6 is 11.8 Å². The minimum atomic E-state index is -0.299. The minimum Gasteiger partial charge on any atom is -0.496 e. The summed E-state index contributed by atoms with van der Waals surface area (Å²) in [6.45, 7) is 1.99. The topological polar surface area (TPSA) is 48.2 Å². The van der Waals surface area contributed by atoms with Crippen LogP contribution in [0.2, 0.25) is 0 Å². The number of aromatic nitrogens is 2. The first kappa shape index (κ1) is 15.6. The minimum absolute atomic E-state index is 0.299. The lowest BCUT2D eigenvalue weighted by molar-refractivity contribution is 0.410. The lowest BCUT2D eigenvalue weighted by Crippen LogP contribution is -1.91. The number of benzene rings is 2. The van der Waals surface area contributed by atoms with Crippen LogP contribution in [0.15, 0.2) is 52.1 Å². The van der Waals surface area contributed by atoms with Gasteiger partial charge in [0.1, 0.15) is 11.6 Å². The van der Waals surface area contributed by atoms with Crippen molar-refractivity contribution in [3.8, 4) is 17.2 Å². The molecular weight excluding hydrogens is 315 g/mol. The zero-order valence-corrected chi connectivity index (χ0v) is 13.6. The van der Waals surface area contributed by atoms with Gasteiger partial charge in [0.15, 0.2) is 0 Å². The fourth-order valence-corrected chi connectivity index (χ4v) is 2.93. The van der Waals surface area contributed by atoms with E-state index < -0.39 is 0 Å². The van der Waals surface area contributed by atoms with Crippen LogP contribution in [0.5, 0.6) is 5.75 Å². The lowest BCUT2D eigenvalue weighted by Gasteiger charge is -2.06. The van der Waals surface area contributed by atoms with Gasteiger partial charge in [0.05, 0.1) is 7.11 Å². The summed E-state index contributed by atoms with van der Waals surface area (Å²) in [4.78, 5) is 0. The highest BCUT2D eigenvalue weighted by Crippen LogP contribution is 2.30. The van der Waals surface area contributed by atoms with E-state index in [1.165, 1.54) is 23.9 Å². The molecule has 0 atom stereocenters. The number of hydrogen-bond acceptors (Lipinski definition) is 5. The van der Waals surface area contributed by atoms with Crippen molar-refractivity contribution < 1.29 is 13.5 Å². The Morgan fingerprint density at radius 2 is 2.00 bits per heavy atom. The van der Waals surface area contributed by atoms with Crippen molar-refractivity contribution >= 4 is 11.8 Å². The molecule has 0 saturated carbocycles. The molecule has 0 amide bonds. The average molecular weight is 330 g/mol. The van der Waals surface area contributed by atoms with E-state index in [9.17, 15) is 4.39 Å². The highest BCUT2D eigenvalue weighted by molar-refractivity contribution is 7.98. The van der Waals surface area contributed by atoms with E-state index in [4.69, 9.17) is 9.15 Å². The van der Waals surface area contributed by atoms with E-state index in [-0.39, 0.29) is 5.82 Å². The zero-order valence-electron chi connectivity index (χ0n) is 12.7. The first-order valence-electron chi connectivity index (χ1n) is 7.02. The number of halogens is 1. The molecule has 3 rings (SSSR count). The van der Waals surface area contributed by atoms with Crippen molar-refractivity contribution in [3.05, 3.63) is 59.4 Å². The molecule has 23 heavy (non-hydrogen) atoms. The van der Waals surface area contributed by atoms with Crippen LogP contribution in [0, 0.1) is 12.7 Å². The zero-order chi connectivity index (χ0) is 16.2. The molecular formula is C17H15FN2O2S. The van der Waals surface area contributed by atoms with Gasteiger partial charge in [-0.3, -0.25) is 0 Å². The van der Waals surface area contributed by atoms with Crippen molar-refractivity contribution in [3.63, 3.8) is 0 Å². The quantitative estimate of drug-likeness (QED) is 0.645. The summed E-state index contributed by atoms with van der Waals surface area (Å²) in [6.07, 6.45) is 0. The standard InChI is InChI=1S/C17H15FN2O2S/c1-11-5-3-4-6-14(11)16-19-20-17(22-16)23-10-12-9-13(18)7-8-15(12)21-2/h3-9H,10H2,1-2H3. The van der Waals surface area contributed by atoms with E-state index in [1.807, 2.05) is 31.2 Å². The molecule has 0 spiro atoms. The molecule has 0 aliphatic carbocycles. The van der Waals surface area contributed by atoms with Crippen LogP contribution in [-0.4, -0.2) is 17.3 Å². The van der Waals surface area contributed by atoms with E-state index in [2.05, 4.69) is 10.2 Å². The highest BCUT2D eigenvalue weighted by Gasteiger charge is 2.12. The molecule has 1 heterocycles. The molecule has 0 unspecified atom stereocenters. The van der Waals surface area contributed by atoms with Crippen LogP contribution < -0.4 is 4.74 Å². The monoisotopic (exact) mass is 330 g/mol. The third kappa shape index (κ3) is 3.53. The Kier molecular flexibility index (Phi) is 4.62. The second kappa shape index (κ2) is 6.83. The second-order valence-electron chi connectivity index (χ2n) is 4.93. The molecule has 0 bridgehead atoms. The summed E-state index contributed by atoms with van der Waals surface area (Å²) in [5.74, 6) is 1.30. The van der Waals surface area contributed by atoms with Gasteiger partial charge >= 0.3 is 0 Å². The molecule has 3 aromatic rings. The number of methoxy groups -OCH3 is 1. The van der Waals surface area contributed by atoms with E-state index >= 15 is 0 Å². The predicted molar refractivity (Wildman–Crippen MR) is 87.0 cm³/mol. The van der Waals surface area contributed by atoms with Gasteiger partial charge in [-0.15, -0.1) is 10.2 Å². The molecule has 0 aliphatic rings. The Morgan fingerprint density at radius 3 is 2.78 bits per heavy atom. The third-order valence-corrected chi connectivity index (χ3v) is 4.24. The Hall–Kier alpha value is -2.34. The normalized spacial score (nSPS) is 10.7. The van der Waals surface area contributed by atoms with Crippen LogP contribution in [-0.2, 0) is 5.75 Å². The number of hydrogen-bond donors (Lipinski definition) is 0. The Bertz CT molecular complexity index is 820. The van der Waals surface area contributed by atoms with E-state index in [0.29, 0.717) is 22.6 Å². The van der Waals surface area contributed by atoms with Crippen molar-refractivity contribution in [1.29, 1.82) is 0 Å². The molecule has 1 aromatic heterocycles. The fourth-order valence-electron chi connectivity index (χ4n) is 2.19. The van der Waals surface area contributed by atoms with E-state index in [0.717, 1.165) is 16.7 Å². The van der Waals surface area contributed by atoms with Crippen LogP contribution in [0.4, 0.5) is 4.39 Å². The van der Waals surface area contributed by atoms with Crippen LogP contribution in [0.3, 0.4) is 0 Å². The number of thioether (sulfide) groups is 1. The molecule has 6 heteroatoms. The average Bonchev–Trinajstić information content (AvgIpc) is 3.02. The smallest absolute Gasteiger partial charge is 0.277 e. The largest absolute Gasteiger partial charge is 0.496 e. The highest BCUT2D eigenvalue weighted by atomic mass is 32.2. The second-order valence-corrected chi connectivity index (χ2v) is 5.86. The maximum Gasteiger partial charge on any atom is 0.277 e. The van der Waals surface area contributed by atoms with Gasteiger partial charge in [-0.2, -0.15) is 0 Å². The fraction of sp³-hybridized carbons (Fsp3) is 0.176. The Morgan fingerprint density at radius 1 is 1.17 bits per heavy atom. The number of aryl methyl sites for hydroxylation is 1. The van der Waals surface area contributed by atoms with Crippen LogP contribution in [0.1, 0.15) is 11.1 Å². The van der Waals surface area contributed by atoms with E-state index in [1.54, 1.807) is 13.2 Å². The summed E-state index contributed by atoms with van der Waals surface area (Å²) in [7, 11) is 1.56. The van der Waals surface area contributed by atoms with Crippen LogP contribution in [0.25, 0.3) is 11.5 Å². The summed E-state index contributed by atoms with van der Waals surface area (Å²) >= 11 is 1.35. The molecule has 4 nitrogen and oxygen atoms in total. The Labute approximate surface area is 137 Å². The SMILES string of the molecule is COc1ccc(F)cc1CSc1nnc(-c2ccccc2C)o1. The molecule has 2 aromatic carbocycles. The molecule has 0 saturated heterocycles. The van der Waals surface area contributed by atoms with Gasteiger partial charge in [-0.25, -0.2) is 4.39 Å². The molecule has 118 valence electrons. The van der Waals surface area contributed by atoms with Gasteiger partial charge in [0.25, 0.3) is 5.22 Å². The molecule has 0 aliphatic heterocycles. The van der Waals surface area contributed by atoms with Crippen molar-refractivity contribution in [2.24, 2.45) is 0 Å². The van der Waals surface area contributed by atoms with Gasteiger partial charge in [0.2, 0.25) is 5.89 Å². The summed E-state index contributed by atoms with van der Waals surface area (Å²) in [5.41, 5.74) is 2.72. The predicted octanol–water partition coefficient (Wildman–Crippen LogP) is 4.49. The third-order valence-electron chi connectivity index (χ3n) is 3.38. The van der Waals surface area contributed by atoms with Crippen molar-refractivity contribution in [2.45, 2.75) is 17.9 Å². The first-order chi connectivity index (χ1) is 11.2. The van der Waals surface area contributed by atoms with Gasteiger partial charge < -0.3 is 9.15 Å².